The summed E-state index contributed by atoms with van der Waals surface area (Å²) in [6, 6.07) is 6.04. The van der Waals surface area contributed by atoms with Crippen LogP contribution in [0.5, 0.6) is 0 Å². The number of nitrogens with zero attached hydrogens (tertiary/aromatic N) is 3. The summed E-state index contributed by atoms with van der Waals surface area (Å²) in [6.07, 6.45) is 1.98. The van der Waals surface area contributed by atoms with Crippen LogP contribution in [-0.2, 0) is 11.3 Å². The van der Waals surface area contributed by atoms with Gasteiger partial charge in [-0.3, -0.25) is 9.69 Å². The molecule has 3 rings (SSSR count). The first-order valence-corrected chi connectivity index (χ1v) is 6.66. The molecule has 0 spiro atoms. The lowest BCUT2D eigenvalue weighted by Gasteiger charge is -2.16. The highest BCUT2D eigenvalue weighted by molar-refractivity contribution is 5.69. The largest absolute Gasteiger partial charge is 0.480 e. The standard InChI is InChI=1S/C14H14FN3O3/c15-10-3-1-9(2-4-10)14-17-16-12(21-14)7-18(8-13(19)20)11-5-6-11/h1-4,11H,5-8H2,(H,19,20). The Morgan fingerprint density at radius 1 is 1.33 bits per heavy atom. The van der Waals surface area contributed by atoms with Gasteiger partial charge in [0.05, 0.1) is 13.1 Å². The molecule has 1 aliphatic carbocycles. The van der Waals surface area contributed by atoms with Crippen molar-refractivity contribution >= 4 is 5.97 Å². The van der Waals surface area contributed by atoms with Gasteiger partial charge in [0.15, 0.2) is 0 Å². The van der Waals surface area contributed by atoms with Crippen LogP contribution in [0, 0.1) is 5.82 Å². The minimum atomic E-state index is -0.875. The van der Waals surface area contributed by atoms with Crippen molar-refractivity contribution in [3.05, 3.63) is 36.0 Å². The second-order valence-electron chi connectivity index (χ2n) is 5.04. The van der Waals surface area contributed by atoms with Crippen LogP contribution >= 0.6 is 0 Å². The van der Waals surface area contributed by atoms with E-state index in [0.29, 0.717) is 23.9 Å². The fourth-order valence-electron chi connectivity index (χ4n) is 2.13. The second-order valence-corrected chi connectivity index (χ2v) is 5.04. The van der Waals surface area contributed by atoms with E-state index >= 15 is 0 Å². The molecular formula is C14H14FN3O3. The van der Waals surface area contributed by atoms with Gasteiger partial charge in [-0.15, -0.1) is 10.2 Å². The Morgan fingerprint density at radius 3 is 2.67 bits per heavy atom. The van der Waals surface area contributed by atoms with E-state index in [4.69, 9.17) is 9.52 Å². The first kappa shape index (κ1) is 13.7. The maximum absolute atomic E-state index is 12.9. The molecule has 1 fully saturated rings. The van der Waals surface area contributed by atoms with Crippen LogP contribution in [0.1, 0.15) is 18.7 Å². The average molecular weight is 291 g/mol. The first-order valence-electron chi connectivity index (χ1n) is 6.66. The van der Waals surface area contributed by atoms with Gasteiger partial charge in [-0.05, 0) is 37.1 Å². The zero-order chi connectivity index (χ0) is 14.8. The topological polar surface area (TPSA) is 79.5 Å². The van der Waals surface area contributed by atoms with Crippen molar-refractivity contribution in [1.29, 1.82) is 0 Å². The summed E-state index contributed by atoms with van der Waals surface area (Å²) in [5, 5.41) is 16.7. The quantitative estimate of drug-likeness (QED) is 0.876. The van der Waals surface area contributed by atoms with E-state index in [2.05, 4.69) is 10.2 Å². The number of carbonyl (C=O) groups is 1. The molecule has 1 heterocycles. The number of hydrogen-bond donors (Lipinski definition) is 1. The zero-order valence-electron chi connectivity index (χ0n) is 11.2. The molecule has 1 aromatic heterocycles. The van der Waals surface area contributed by atoms with Crippen molar-refractivity contribution in [3.63, 3.8) is 0 Å². The molecule has 2 aromatic rings. The normalized spacial score (nSPS) is 14.6. The number of carboxylic acid groups (broad SMARTS) is 1. The summed E-state index contributed by atoms with van der Waals surface area (Å²) in [4.78, 5) is 12.7. The summed E-state index contributed by atoms with van der Waals surface area (Å²) in [7, 11) is 0. The summed E-state index contributed by atoms with van der Waals surface area (Å²) in [5.74, 6) is -0.543. The van der Waals surface area contributed by atoms with Crippen molar-refractivity contribution in [3.8, 4) is 11.5 Å². The van der Waals surface area contributed by atoms with Crippen molar-refractivity contribution in [1.82, 2.24) is 15.1 Å². The zero-order valence-corrected chi connectivity index (χ0v) is 11.2. The van der Waals surface area contributed by atoms with Crippen LogP contribution < -0.4 is 0 Å². The smallest absolute Gasteiger partial charge is 0.317 e. The Morgan fingerprint density at radius 2 is 2.05 bits per heavy atom. The molecule has 7 heteroatoms. The summed E-state index contributed by atoms with van der Waals surface area (Å²) < 4.78 is 18.4. The van der Waals surface area contributed by atoms with E-state index in [1.54, 1.807) is 12.1 Å². The highest BCUT2D eigenvalue weighted by Gasteiger charge is 2.31. The molecule has 0 bridgehead atoms. The Bertz CT molecular complexity index is 637. The third-order valence-electron chi connectivity index (χ3n) is 3.30. The Balaban J connectivity index is 1.72. The lowest BCUT2D eigenvalue weighted by atomic mass is 10.2. The third kappa shape index (κ3) is 3.43. The highest BCUT2D eigenvalue weighted by atomic mass is 19.1. The predicted octanol–water partition coefficient (Wildman–Crippen LogP) is 1.92. The molecule has 0 aliphatic heterocycles. The van der Waals surface area contributed by atoms with E-state index in [1.165, 1.54) is 12.1 Å². The maximum Gasteiger partial charge on any atom is 0.317 e. The van der Waals surface area contributed by atoms with Gasteiger partial charge in [-0.2, -0.15) is 0 Å². The first-order chi connectivity index (χ1) is 10.1. The van der Waals surface area contributed by atoms with E-state index in [-0.39, 0.29) is 18.4 Å². The molecule has 1 saturated carbocycles. The summed E-state index contributed by atoms with van der Waals surface area (Å²) >= 11 is 0. The molecule has 0 amide bonds. The number of carboxylic acids is 1. The number of hydrogen-bond acceptors (Lipinski definition) is 5. The lowest BCUT2D eigenvalue weighted by molar-refractivity contribution is -0.138. The van der Waals surface area contributed by atoms with Gasteiger partial charge < -0.3 is 9.52 Å². The van der Waals surface area contributed by atoms with E-state index in [1.807, 2.05) is 4.90 Å². The van der Waals surface area contributed by atoms with Gasteiger partial charge in [0.2, 0.25) is 11.8 Å². The minimum Gasteiger partial charge on any atom is -0.480 e. The Kier molecular flexibility index (Phi) is 3.66. The van der Waals surface area contributed by atoms with Crippen molar-refractivity contribution < 1.29 is 18.7 Å². The maximum atomic E-state index is 12.9. The summed E-state index contributed by atoms with van der Waals surface area (Å²) in [5.41, 5.74) is 0.631. The lowest BCUT2D eigenvalue weighted by Crippen LogP contribution is -2.31. The van der Waals surface area contributed by atoms with Crippen LogP contribution in [0.15, 0.2) is 28.7 Å². The van der Waals surface area contributed by atoms with Crippen molar-refractivity contribution in [2.75, 3.05) is 6.54 Å². The molecule has 0 saturated heterocycles. The van der Waals surface area contributed by atoms with Gasteiger partial charge in [0, 0.05) is 11.6 Å². The van der Waals surface area contributed by atoms with Gasteiger partial charge >= 0.3 is 5.97 Å². The fraction of sp³-hybridized carbons (Fsp3) is 0.357. The number of rotatable bonds is 6. The Labute approximate surface area is 120 Å². The monoisotopic (exact) mass is 291 g/mol. The van der Waals surface area contributed by atoms with Gasteiger partial charge in [0.25, 0.3) is 0 Å². The number of benzene rings is 1. The molecular weight excluding hydrogens is 277 g/mol. The van der Waals surface area contributed by atoms with E-state index in [9.17, 15) is 9.18 Å². The van der Waals surface area contributed by atoms with Crippen LogP contribution in [0.3, 0.4) is 0 Å². The number of halogens is 1. The molecule has 1 aromatic carbocycles. The number of aromatic nitrogens is 2. The molecule has 110 valence electrons. The molecule has 0 unspecified atom stereocenters. The van der Waals surface area contributed by atoms with Gasteiger partial charge in [-0.25, -0.2) is 4.39 Å². The number of aliphatic carboxylic acids is 1. The minimum absolute atomic E-state index is 0.0427. The van der Waals surface area contributed by atoms with Gasteiger partial charge in [0.1, 0.15) is 5.82 Å². The van der Waals surface area contributed by atoms with Crippen LogP contribution in [0.25, 0.3) is 11.5 Å². The van der Waals surface area contributed by atoms with E-state index < -0.39 is 5.97 Å². The van der Waals surface area contributed by atoms with E-state index in [0.717, 1.165) is 12.8 Å². The molecule has 1 N–H and O–H groups in total. The Hall–Kier alpha value is -2.28. The molecule has 6 nitrogen and oxygen atoms in total. The summed E-state index contributed by atoms with van der Waals surface area (Å²) in [6.45, 7) is 0.268. The predicted molar refractivity (Wildman–Crippen MR) is 70.8 cm³/mol. The van der Waals surface area contributed by atoms with Crippen LogP contribution in [0.2, 0.25) is 0 Å². The van der Waals surface area contributed by atoms with Crippen LogP contribution in [-0.4, -0.2) is 38.8 Å². The molecule has 0 radical (unpaired) electrons. The SMILES string of the molecule is O=C(O)CN(Cc1nnc(-c2ccc(F)cc2)o1)C1CC1. The highest BCUT2D eigenvalue weighted by Crippen LogP contribution is 2.28. The van der Waals surface area contributed by atoms with Gasteiger partial charge in [-0.1, -0.05) is 0 Å². The second kappa shape index (κ2) is 5.61. The average Bonchev–Trinajstić information content (AvgIpc) is 3.19. The molecule has 0 atom stereocenters. The van der Waals surface area contributed by atoms with Crippen molar-refractivity contribution in [2.45, 2.75) is 25.4 Å². The van der Waals surface area contributed by atoms with Crippen molar-refractivity contribution in [2.24, 2.45) is 0 Å². The molecule has 21 heavy (non-hydrogen) atoms. The third-order valence-corrected chi connectivity index (χ3v) is 3.30. The molecule has 1 aliphatic rings. The van der Waals surface area contributed by atoms with Crippen LogP contribution in [0.4, 0.5) is 4.39 Å². The fourth-order valence-corrected chi connectivity index (χ4v) is 2.13.